The fourth-order valence-corrected chi connectivity index (χ4v) is 3.79. The lowest BCUT2D eigenvalue weighted by Crippen LogP contribution is -2.47. The van der Waals surface area contributed by atoms with Crippen LogP contribution in [0.15, 0.2) is 54.6 Å². The summed E-state index contributed by atoms with van der Waals surface area (Å²) in [5.41, 5.74) is 8.59. The lowest BCUT2D eigenvalue weighted by atomic mass is 10.1. The van der Waals surface area contributed by atoms with Gasteiger partial charge in [0.25, 0.3) is 0 Å². The molecule has 1 heterocycles. The Morgan fingerprint density at radius 2 is 1.93 bits per heavy atom. The second-order valence-corrected chi connectivity index (χ2v) is 7.39. The average Bonchev–Trinajstić information content (AvgIpc) is 3.08. The first-order valence-electron chi connectivity index (χ1n) is 9.17. The van der Waals surface area contributed by atoms with E-state index in [1.165, 1.54) is 5.56 Å². The zero-order valence-electron chi connectivity index (χ0n) is 15.3. The molecule has 0 saturated carbocycles. The first-order valence-corrected chi connectivity index (χ1v) is 9.55. The molecular formula is C21H27Cl2N3O. The number of hydrogen-bond acceptors (Lipinski definition) is 3. The molecule has 0 bridgehead atoms. The van der Waals surface area contributed by atoms with E-state index in [-0.39, 0.29) is 30.4 Å². The van der Waals surface area contributed by atoms with Gasteiger partial charge < -0.3 is 11.1 Å². The van der Waals surface area contributed by atoms with Crippen LogP contribution in [-0.4, -0.2) is 36.0 Å². The van der Waals surface area contributed by atoms with E-state index < -0.39 is 0 Å². The molecule has 2 aromatic rings. The Labute approximate surface area is 172 Å². The summed E-state index contributed by atoms with van der Waals surface area (Å²) < 4.78 is 0. The number of nitrogens with one attached hydrogen (secondary N) is 1. The van der Waals surface area contributed by atoms with E-state index >= 15 is 0 Å². The Morgan fingerprint density at radius 3 is 2.67 bits per heavy atom. The number of rotatable bonds is 7. The Bertz CT molecular complexity index is 726. The SMILES string of the molecule is Cl.N[C@H](Cc1ccccc1)CN1CCC[C@H]1C(=O)NCc1cccc(Cl)c1. The van der Waals surface area contributed by atoms with Crippen LogP contribution in [0.25, 0.3) is 0 Å². The van der Waals surface area contributed by atoms with Gasteiger partial charge in [-0.2, -0.15) is 0 Å². The number of nitrogens with two attached hydrogens (primary N) is 1. The van der Waals surface area contributed by atoms with E-state index in [0.29, 0.717) is 11.6 Å². The van der Waals surface area contributed by atoms with E-state index in [2.05, 4.69) is 22.3 Å². The quantitative estimate of drug-likeness (QED) is 0.738. The number of carbonyl (C=O) groups is 1. The van der Waals surface area contributed by atoms with Gasteiger partial charge in [-0.3, -0.25) is 9.69 Å². The van der Waals surface area contributed by atoms with Crippen molar-refractivity contribution >= 4 is 29.9 Å². The molecule has 2 atom stereocenters. The van der Waals surface area contributed by atoms with Crippen molar-refractivity contribution in [3.63, 3.8) is 0 Å². The third-order valence-electron chi connectivity index (χ3n) is 4.83. The topological polar surface area (TPSA) is 58.4 Å². The molecule has 1 aliphatic rings. The van der Waals surface area contributed by atoms with Crippen LogP contribution in [0.1, 0.15) is 24.0 Å². The van der Waals surface area contributed by atoms with Crippen molar-refractivity contribution in [2.75, 3.05) is 13.1 Å². The number of benzene rings is 2. The number of hydrogen-bond donors (Lipinski definition) is 2. The predicted octanol–water partition coefficient (Wildman–Crippen LogP) is 3.41. The van der Waals surface area contributed by atoms with Crippen molar-refractivity contribution in [1.29, 1.82) is 0 Å². The van der Waals surface area contributed by atoms with Crippen LogP contribution in [0.2, 0.25) is 5.02 Å². The van der Waals surface area contributed by atoms with Gasteiger partial charge in [-0.1, -0.05) is 54.1 Å². The summed E-state index contributed by atoms with van der Waals surface area (Å²) in [7, 11) is 0. The van der Waals surface area contributed by atoms with Crippen LogP contribution < -0.4 is 11.1 Å². The molecule has 27 heavy (non-hydrogen) atoms. The molecule has 0 spiro atoms. The van der Waals surface area contributed by atoms with Crippen LogP contribution in [0.4, 0.5) is 0 Å². The molecule has 6 heteroatoms. The first kappa shape index (κ1) is 21.7. The molecule has 1 fully saturated rings. The molecule has 3 rings (SSSR count). The van der Waals surface area contributed by atoms with Crippen LogP contribution >= 0.6 is 24.0 Å². The maximum atomic E-state index is 12.6. The van der Waals surface area contributed by atoms with Gasteiger partial charge in [0.2, 0.25) is 5.91 Å². The molecule has 4 nitrogen and oxygen atoms in total. The molecule has 146 valence electrons. The Morgan fingerprint density at radius 1 is 1.19 bits per heavy atom. The molecule has 1 amide bonds. The van der Waals surface area contributed by atoms with Crippen molar-refractivity contribution in [2.45, 2.75) is 37.9 Å². The van der Waals surface area contributed by atoms with Gasteiger partial charge >= 0.3 is 0 Å². The second kappa shape index (κ2) is 10.7. The van der Waals surface area contributed by atoms with Gasteiger partial charge in [0.1, 0.15) is 0 Å². The molecular weight excluding hydrogens is 381 g/mol. The van der Waals surface area contributed by atoms with Crippen molar-refractivity contribution in [2.24, 2.45) is 5.73 Å². The van der Waals surface area contributed by atoms with Crippen LogP contribution in [-0.2, 0) is 17.8 Å². The maximum Gasteiger partial charge on any atom is 0.237 e. The lowest BCUT2D eigenvalue weighted by Gasteiger charge is -2.26. The first-order chi connectivity index (χ1) is 12.6. The number of carbonyl (C=O) groups excluding carboxylic acids is 1. The summed E-state index contributed by atoms with van der Waals surface area (Å²) in [6.45, 7) is 2.17. The molecule has 1 aliphatic heterocycles. The Hall–Kier alpha value is -1.59. The van der Waals surface area contributed by atoms with Gasteiger partial charge in [0, 0.05) is 24.2 Å². The predicted molar refractivity (Wildman–Crippen MR) is 113 cm³/mol. The van der Waals surface area contributed by atoms with Gasteiger partial charge in [-0.05, 0) is 49.1 Å². The summed E-state index contributed by atoms with van der Waals surface area (Å²) in [6, 6.07) is 17.8. The Kier molecular flexibility index (Phi) is 8.58. The largest absolute Gasteiger partial charge is 0.351 e. The van der Waals surface area contributed by atoms with Gasteiger partial charge in [-0.15, -0.1) is 12.4 Å². The molecule has 1 saturated heterocycles. The molecule has 0 unspecified atom stereocenters. The molecule has 2 aromatic carbocycles. The summed E-state index contributed by atoms with van der Waals surface area (Å²) in [4.78, 5) is 14.9. The lowest BCUT2D eigenvalue weighted by molar-refractivity contribution is -0.125. The van der Waals surface area contributed by atoms with Crippen molar-refractivity contribution in [1.82, 2.24) is 10.2 Å². The fourth-order valence-electron chi connectivity index (χ4n) is 3.58. The zero-order valence-corrected chi connectivity index (χ0v) is 16.9. The van der Waals surface area contributed by atoms with E-state index in [0.717, 1.165) is 37.9 Å². The number of halogens is 2. The minimum atomic E-state index is -0.0870. The summed E-state index contributed by atoms with van der Waals surface area (Å²) in [5, 5.41) is 3.73. The highest BCUT2D eigenvalue weighted by atomic mass is 35.5. The van der Waals surface area contributed by atoms with E-state index in [4.69, 9.17) is 17.3 Å². The highest BCUT2D eigenvalue weighted by molar-refractivity contribution is 6.30. The minimum Gasteiger partial charge on any atom is -0.351 e. The molecule has 0 aromatic heterocycles. The minimum absolute atomic E-state index is 0. The van der Waals surface area contributed by atoms with Crippen LogP contribution in [0.5, 0.6) is 0 Å². The zero-order chi connectivity index (χ0) is 18.4. The van der Waals surface area contributed by atoms with Gasteiger partial charge in [-0.25, -0.2) is 0 Å². The highest BCUT2D eigenvalue weighted by Gasteiger charge is 2.31. The van der Waals surface area contributed by atoms with E-state index in [1.54, 1.807) is 0 Å². The number of nitrogens with zero attached hydrogens (tertiary/aromatic N) is 1. The van der Waals surface area contributed by atoms with Crippen LogP contribution in [0.3, 0.4) is 0 Å². The second-order valence-electron chi connectivity index (χ2n) is 6.95. The van der Waals surface area contributed by atoms with E-state index in [9.17, 15) is 4.79 Å². The maximum absolute atomic E-state index is 12.6. The third-order valence-corrected chi connectivity index (χ3v) is 5.07. The normalized spacial score (nSPS) is 17.9. The average molecular weight is 408 g/mol. The van der Waals surface area contributed by atoms with Gasteiger partial charge in [0.05, 0.1) is 6.04 Å². The Balaban J connectivity index is 0.00000261. The summed E-state index contributed by atoms with van der Waals surface area (Å²) >= 11 is 6.00. The number of likely N-dealkylation sites (tertiary alicyclic amines) is 1. The molecule has 3 N–H and O–H groups in total. The van der Waals surface area contributed by atoms with Crippen molar-refractivity contribution in [3.8, 4) is 0 Å². The monoisotopic (exact) mass is 407 g/mol. The van der Waals surface area contributed by atoms with Crippen molar-refractivity contribution < 1.29 is 4.79 Å². The number of amides is 1. The fraction of sp³-hybridized carbons (Fsp3) is 0.381. The molecule has 0 radical (unpaired) electrons. The third kappa shape index (κ3) is 6.51. The van der Waals surface area contributed by atoms with Crippen LogP contribution in [0, 0.1) is 0 Å². The van der Waals surface area contributed by atoms with Crippen molar-refractivity contribution in [3.05, 3.63) is 70.7 Å². The standard InChI is InChI=1S/C21H26ClN3O.ClH/c22-18-9-4-8-17(12-18)14-24-21(26)20-10-5-11-25(20)15-19(23)13-16-6-2-1-3-7-16;/h1-4,6-9,12,19-20H,5,10-11,13-15,23H2,(H,24,26);1H/t19-,20+;/m1./s1. The highest BCUT2D eigenvalue weighted by Crippen LogP contribution is 2.18. The smallest absolute Gasteiger partial charge is 0.237 e. The summed E-state index contributed by atoms with van der Waals surface area (Å²) in [6.07, 6.45) is 2.75. The summed E-state index contributed by atoms with van der Waals surface area (Å²) in [5.74, 6) is 0.0781. The van der Waals surface area contributed by atoms with E-state index in [1.807, 2.05) is 42.5 Å². The van der Waals surface area contributed by atoms with Gasteiger partial charge in [0.15, 0.2) is 0 Å². The molecule has 0 aliphatic carbocycles.